The average Bonchev–Trinajstić information content (AvgIpc) is 3.01. The van der Waals surface area contributed by atoms with Crippen LogP contribution in [0.25, 0.3) is 0 Å². The standard InChI is InChI=1S/2C5H5.2CH3Se.Ti/c2*1-2-4-5-3-1;2*1-2;/h2*1-5H;2*1H3;. The molecule has 0 bridgehead atoms. The second-order valence-corrected chi connectivity index (χ2v) is 1.92. The molecule has 2 saturated carbocycles. The fourth-order valence-electron chi connectivity index (χ4n) is 0.642. The van der Waals surface area contributed by atoms with Gasteiger partial charge in [-0.05, 0) is 64.2 Å². The predicted molar refractivity (Wildman–Crippen MR) is 66.2 cm³/mol. The summed E-state index contributed by atoms with van der Waals surface area (Å²) in [6.07, 6.45) is 20.0. The second-order valence-electron chi connectivity index (χ2n) is 1.92. The molecule has 0 saturated heterocycles. The maximum Gasteiger partial charge on any atom is 0 e. The summed E-state index contributed by atoms with van der Waals surface area (Å²) in [5, 5.41) is 0. The minimum absolute atomic E-state index is 0. The Bertz CT molecular complexity index is 46.8. The van der Waals surface area contributed by atoms with Gasteiger partial charge in [0.05, 0.1) is 0 Å². The van der Waals surface area contributed by atoms with Crippen LogP contribution in [0.1, 0.15) is 0 Å². The second kappa shape index (κ2) is 24.8. The molecular formula is C12H16Se2Ti. The first kappa shape index (κ1) is 22.0. The van der Waals surface area contributed by atoms with E-state index in [1.54, 1.807) is 0 Å². The normalized spacial score (nSPS) is 16.8. The van der Waals surface area contributed by atoms with E-state index in [0.717, 1.165) is 0 Å². The van der Waals surface area contributed by atoms with Crippen LogP contribution in [0.4, 0.5) is 0 Å². The van der Waals surface area contributed by atoms with Gasteiger partial charge < -0.3 is 0 Å². The van der Waals surface area contributed by atoms with Crippen LogP contribution in [0.5, 0.6) is 0 Å². The SMILES string of the molecule is C[Se].C[Se].[CH]1[CH][CH][CH][CH]1.[CH]1[CH][CH][CH][CH]1.[Ti]. The maximum absolute atomic E-state index is 2.62. The van der Waals surface area contributed by atoms with Crippen molar-refractivity contribution in [3.8, 4) is 0 Å². The van der Waals surface area contributed by atoms with E-state index in [1.165, 1.54) is 0 Å². The molecule has 2 fully saturated rings. The molecule has 0 aromatic carbocycles. The summed E-state index contributed by atoms with van der Waals surface area (Å²) >= 11 is 5.25. The summed E-state index contributed by atoms with van der Waals surface area (Å²) in [5.74, 6) is 3.75. The minimum atomic E-state index is 0. The fraction of sp³-hybridized carbons (Fsp3) is 0.167. The van der Waals surface area contributed by atoms with Gasteiger partial charge in [0.25, 0.3) is 0 Å². The van der Waals surface area contributed by atoms with E-state index in [-0.39, 0.29) is 21.7 Å². The molecule has 2 aliphatic carbocycles. The smallest absolute Gasteiger partial charge is 0 e. The zero-order valence-electron chi connectivity index (χ0n) is 9.09. The molecule has 0 nitrogen and oxygen atoms in total. The molecule has 0 amide bonds. The zero-order valence-corrected chi connectivity index (χ0v) is 14.1. The Morgan fingerprint density at radius 1 is 0.400 bits per heavy atom. The van der Waals surface area contributed by atoms with Crippen molar-refractivity contribution < 1.29 is 21.7 Å². The molecule has 0 heterocycles. The summed E-state index contributed by atoms with van der Waals surface area (Å²) in [7, 11) is 0. The van der Waals surface area contributed by atoms with Gasteiger partial charge in [-0.15, -0.1) is 0 Å². The molecule has 2 rings (SSSR count). The van der Waals surface area contributed by atoms with Crippen molar-refractivity contribution in [2.24, 2.45) is 0 Å². The average molecular weight is 366 g/mol. The predicted octanol–water partition coefficient (Wildman–Crippen LogP) is 2.45. The molecule has 0 atom stereocenters. The van der Waals surface area contributed by atoms with Gasteiger partial charge >= 0.3 is 43.7 Å². The Kier molecular flexibility index (Phi) is 36.4. The Labute approximate surface area is 129 Å². The van der Waals surface area contributed by atoms with E-state index >= 15 is 0 Å². The molecule has 0 unspecified atom stereocenters. The summed E-state index contributed by atoms with van der Waals surface area (Å²) in [4.78, 5) is 0. The van der Waals surface area contributed by atoms with Crippen LogP contribution in [-0.2, 0) is 21.7 Å². The molecule has 0 aromatic rings. The third-order valence-electron chi connectivity index (χ3n) is 1.11. The van der Waals surface area contributed by atoms with Gasteiger partial charge in [-0.25, -0.2) is 0 Å². The van der Waals surface area contributed by atoms with E-state index in [4.69, 9.17) is 0 Å². The number of hydrogen-bond acceptors (Lipinski definition) is 0. The molecule has 0 spiro atoms. The van der Waals surface area contributed by atoms with Gasteiger partial charge in [0.1, 0.15) is 0 Å². The molecular weight excluding hydrogens is 350 g/mol. The molecule has 3 heteroatoms. The van der Waals surface area contributed by atoms with Gasteiger partial charge in [-0.1, -0.05) is 0 Å². The fourth-order valence-corrected chi connectivity index (χ4v) is 0.642. The Morgan fingerprint density at radius 2 is 0.467 bits per heavy atom. The van der Waals surface area contributed by atoms with Gasteiger partial charge in [0.2, 0.25) is 0 Å². The van der Waals surface area contributed by atoms with Crippen LogP contribution in [0, 0.1) is 64.2 Å². The minimum Gasteiger partial charge on any atom is -0.0312 e. The first-order valence-electron chi connectivity index (χ1n) is 4.15. The van der Waals surface area contributed by atoms with Crippen molar-refractivity contribution in [3.63, 3.8) is 0 Å². The molecule has 15 heavy (non-hydrogen) atoms. The Hall–Kier alpha value is 1.75. The first-order chi connectivity index (χ1) is 7.00. The quantitative estimate of drug-likeness (QED) is 0.578. The van der Waals surface area contributed by atoms with Gasteiger partial charge in [-0.2, -0.15) is 0 Å². The monoisotopic (exact) mass is 368 g/mol. The summed E-state index contributed by atoms with van der Waals surface area (Å²) < 4.78 is 0. The van der Waals surface area contributed by atoms with Crippen LogP contribution in [0.3, 0.4) is 0 Å². The van der Waals surface area contributed by atoms with Gasteiger partial charge in [0.15, 0.2) is 0 Å². The van der Waals surface area contributed by atoms with E-state index in [9.17, 15) is 0 Å². The van der Waals surface area contributed by atoms with E-state index in [1.807, 2.05) is 75.9 Å². The summed E-state index contributed by atoms with van der Waals surface area (Å²) in [5.41, 5.74) is 0. The van der Waals surface area contributed by atoms with Crippen molar-refractivity contribution in [1.82, 2.24) is 0 Å². The van der Waals surface area contributed by atoms with Crippen LogP contribution in [0.2, 0.25) is 11.6 Å². The maximum atomic E-state index is 2.62. The topological polar surface area (TPSA) is 0 Å². The Morgan fingerprint density at radius 3 is 0.533 bits per heavy atom. The molecule has 2 aliphatic rings. The first-order valence-corrected chi connectivity index (χ1v) is 7.58. The molecule has 0 aliphatic heterocycles. The summed E-state index contributed by atoms with van der Waals surface area (Å²) in [6.45, 7) is 0. The summed E-state index contributed by atoms with van der Waals surface area (Å²) in [6, 6.07) is 0. The zero-order chi connectivity index (χ0) is 11.1. The van der Waals surface area contributed by atoms with Crippen molar-refractivity contribution >= 4 is 32.0 Å². The largest absolute Gasteiger partial charge is 0.0312 e. The van der Waals surface area contributed by atoms with Crippen LogP contribution >= 0.6 is 0 Å². The van der Waals surface area contributed by atoms with Crippen LogP contribution < -0.4 is 0 Å². The van der Waals surface area contributed by atoms with Gasteiger partial charge in [-0.3, -0.25) is 0 Å². The van der Waals surface area contributed by atoms with E-state index in [0.29, 0.717) is 0 Å². The van der Waals surface area contributed by atoms with Crippen LogP contribution in [0.15, 0.2) is 0 Å². The molecule has 12 radical (unpaired) electrons. The molecule has 0 aromatic heterocycles. The van der Waals surface area contributed by atoms with Crippen molar-refractivity contribution in [1.29, 1.82) is 0 Å². The number of rotatable bonds is 0. The van der Waals surface area contributed by atoms with E-state index in [2.05, 4.69) is 32.0 Å². The van der Waals surface area contributed by atoms with Crippen molar-refractivity contribution in [2.45, 2.75) is 11.6 Å². The third-order valence-corrected chi connectivity index (χ3v) is 1.11. The van der Waals surface area contributed by atoms with Gasteiger partial charge in [0, 0.05) is 21.7 Å². The number of hydrogen-bond donors (Lipinski definition) is 0. The Balaban J connectivity index is -0.000000138. The molecule has 80 valence electrons. The van der Waals surface area contributed by atoms with Crippen molar-refractivity contribution in [2.75, 3.05) is 0 Å². The molecule has 0 N–H and O–H groups in total. The van der Waals surface area contributed by atoms with Crippen LogP contribution in [-0.4, -0.2) is 32.0 Å². The third kappa shape index (κ3) is 21.6. The van der Waals surface area contributed by atoms with Crippen molar-refractivity contribution in [3.05, 3.63) is 64.2 Å². The van der Waals surface area contributed by atoms with E-state index < -0.39 is 0 Å².